The Balaban J connectivity index is 2.17. The van der Waals surface area contributed by atoms with Gasteiger partial charge in [-0.15, -0.1) is 5.10 Å². The van der Waals surface area contributed by atoms with E-state index in [0.29, 0.717) is 6.07 Å². The molecular formula is C15H10BF4N5O. The molecule has 3 aromatic rings. The molecule has 6 nitrogen and oxygen atoms in total. The normalized spacial score (nSPS) is 14.2. The van der Waals surface area contributed by atoms with E-state index in [9.17, 15) is 13.9 Å². The second-order valence-corrected chi connectivity index (χ2v) is 5.54. The molecule has 0 aliphatic carbocycles. The molecule has 3 rings (SSSR count). The number of nitrogens with zero attached hydrogens (tertiary/aromatic N) is 5. The second kappa shape index (κ2) is 6.48. The van der Waals surface area contributed by atoms with Crippen LogP contribution in [0.2, 0.25) is 0 Å². The molecule has 0 amide bonds. The summed E-state index contributed by atoms with van der Waals surface area (Å²) >= 11 is 0. The maximum absolute atomic E-state index is 15.2. The molecule has 0 saturated heterocycles. The fourth-order valence-corrected chi connectivity index (χ4v) is 2.47. The Bertz CT molecular complexity index is 907. The summed E-state index contributed by atoms with van der Waals surface area (Å²) in [5.74, 6) is -6.42. The number of pyridine rings is 1. The fraction of sp³-hybridized carbons (Fsp3) is 0.200. The van der Waals surface area contributed by atoms with E-state index in [2.05, 4.69) is 20.5 Å². The lowest BCUT2D eigenvalue weighted by atomic mass is 9.84. The summed E-state index contributed by atoms with van der Waals surface area (Å²) in [7, 11) is 5.44. The van der Waals surface area contributed by atoms with Crippen LogP contribution in [0.15, 0.2) is 42.9 Å². The van der Waals surface area contributed by atoms with Crippen LogP contribution in [0.25, 0.3) is 0 Å². The van der Waals surface area contributed by atoms with Gasteiger partial charge in [0.15, 0.2) is 5.60 Å². The van der Waals surface area contributed by atoms with Gasteiger partial charge in [-0.3, -0.25) is 4.98 Å². The smallest absolute Gasteiger partial charge is 0.323 e. The first-order valence-corrected chi connectivity index (χ1v) is 7.22. The minimum Gasteiger partial charge on any atom is -0.377 e. The number of benzene rings is 1. The molecule has 26 heavy (non-hydrogen) atoms. The van der Waals surface area contributed by atoms with E-state index in [0.717, 1.165) is 41.5 Å². The van der Waals surface area contributed by atoms with Crippen LogP contribution >= 0.6 is 0 Å². The molecule has 0 saturated carbocycles. The summed E-state index contributed by atoms with van der Waals surface area (Å²) in [6.07, 6.45) is 1.95. The Kier molecular flexibility index (Phi) is 4.49. The first-order valence-electron chi connectivity index (χ1n) is 7.22. The highest BCUT2D eigenvalue weighted by molar-refractivity contribution is 6.32. The van der Waals surface area contributed by atoms with Crippen LogP contribution in [0.5, 0.6) is 0 Å². The molecule has 0 fully saturated rings. The number of rotatable bonds is 5. The van der Waals surface area contributed by atoms with Gasteiger partial charge in [0.1, 0.15) is 31.5 Å². The Morgan fingerprint density at radius 2 is 1.92 bits per heavy atom. The number of hydrogen-bond donors (Lipinski definition) is 1. The third-order valence-corrected chi connectivity index (χ3v) is 3.79. The van der Waals surface area contributed by atoms with Crippen LogP contribution in [0.3, 0.4) is 0 Å². The van der Waals surface area contributed by atoms with E-state index < -0.39 is 41.0 Å². The van der Waals surface area contributed by atoms with Gasteiger partial charge in [-0.05, 0) is 28.6 Å². The van der Waals surface area contributed by atoms with Crippen molar-refractivity contribution in [2.24, 2.45) is 0 Å². The first-order chi connectivity index (χ1) is 12.2. The van der Waals surface area contributed by atoms with Crippen molar-refractivity contribution >= 4 is 13.3 Å². The van der Waals surface area contributed by atoms with E-state index >= 15 is 8.78 Å². The van der Waals surface area contributed by atoms with E-state index in [-0.39, 0.29) is 5.46 Å². The molecule has 1 unspecified atom stereocenters. The molecule has 11 heteroatoms. The minimum absolute atomic E-state index is 0.126. The van der Waals surface area contributed by atoms with Gasteiger partial charge in [0, 0.05) is 17.8 Å². The van der Waals surface area contributed by atoms with Crippen molar-refractivity contribution in [2.45, 2.75) is 18.1 Å². The van der Waals surface area contributed by atoms with Crippen molar-refractivity contribution < 1.29 is 22.7 Å². The van der Waals surface area contributed by atoms with Crippen molar-refractivity contribution in [3.63, 3.8) is 0 Å². The van der Waals surface area contributed by atoms with Crippen molar-refractivity contribution in [1.29, 1.82) is 0 Å². The number of hydrogen-bond acceptors (Lipinski definition) is 5. The number of halogens is 4. The quantitative estimate of drug-likeness (QED) is 0.537. The standard InChI is InChI=1S/C15H10BF4N5O/c16-9-1-4-13(21-6-9)15(19,20)14(26,7-25-8-22-23-24-25)11-3-2-10(17)5-12(11)18/h1-6,8,26H,7H2. The van der Waals surface area contributed by atoms with Crippen LogP contribution in [-0.2, 0) is 18.1 Å². The molecule has 1 atom stereocenters. The highest BCUT2D eigenvalue weighted by Crippen LogP contribution is 2.46. The third kappa shape index (κ3) is 3.05. The van der Waals surface area contributed by atoms with Gasteiger partial charge in [-0.25, -0.2) is 13.5 Å². The Morgan fingerprint density at radius 1 is 1.15 bits per heavy atom. The van der Waals surface area contributed by atoms with Crippen molar-refractivity contribution in [3.8, 4) is 0 Å². The van der Waals surface area contributed by atoms with Crippen molar-refractivity contribution in [2.75, 3.05) is 0 Å². The second-order valence-electron chi connectivity index (χ2n) is 5.54. The largest absolute Gasteiger partial charge is 0.377 e. The van der Waals surface area contributed by atoms with Gasteiger partial charge in [-0.2, -0.15) is 8.78 Å². The lowest BCUT2D eigenvalue weighted by Crippen LogP contribution is -2.48. The molecular weight excluding hydrogens is 353 g/mol. The highest BCUT2D eigenvalue weighted by atomic mass is 19.3. The average Bonchev–Trinajstić information content (AvgIpc) is 3.07. The fourth-order valence-electron chi connectivity index (χ4n) is 2.47. The lowest BCUT2D eigenvalue weighted by Gasteiger charge is -2.35. The summed E-state index contributed by atoms with van der Waals surface area (Å²) < 4.78 is 58.7. The van der Waals surface area contributed by atoms with E-state index in [4.69, 9.17) is 7.85 Å². The number of alkyl halides is 2. The summed E-state index contributed by atoms with van der Waals surface area (Å²) in [4.78, 5) is 3.53. The summed E-state index contributed by atoms with van der Waals surface area (Å²) in [5, 5.41) is 20.9. The van der Waals surface area contributed by atoms with Crippen LogP contribution in [0, 0.1) is 11.6 Å². The topological polar surface area (TPSA) is 76.7 Å². The van der Waals surface area contributed by atoms with Gasteiger partial charge in [0.25, 0.3) is 0 Å². The maximum atomic E-state index is 15.2. The maximum Gasteiger partial charge on any atom is 0.323 e. The first kappa shape index (κ1) is 18.0. The van der Waals surface area contributed by atoms with Crippen LogP contribution in [0.4, 0.5) is 17.6 Å². The zero-order valence-corrected chi connectivity index (χ0v) is 13.0. The van der Waals surface area contributed by atoms with E-state index in [1.54, 1.807) is 0 Å². The molecule has 132 valence electrons. The third-order valence-electron chi connectivity index (χ3n) is 3.79. The molecule has 2 heterocycles. The van der Waals surface area contributed by atoms with Gasteiger partial charge >= 0.3 is 5.92 Å². The molecule has 0 aliphatic rings. The Hall–Kier alpha value is -2.82. The van der Waals surface area contributed by atoms with Crippen LogP contribution in [-0.4, -0.2) is 38.1 Å². The van der Waals surface area contributed by atoms with E-state index in [1.165, 1.54) is 0 Å². The predicted octanol–water partition coefficient (Wildman–Crippen LogP) is 0.820. The predicted molar refractivity (Wildman–Crippen MR) is 81.6 cm³/mol. The highest BCUT2D eigenvalue weighted by Gasteiger charge is 2.57. The Labute approximate surface area is 145 Å². The Morgan fingerprint density at radius 3 is 2.50 bits per heavy atom. The number of aliphatic hydroxyl groups is 1. The van der Waals surface area contributed by atoms with Gasteiger partial charge in [0.2, 0.25) is 0 Å². The summed E-state index contributed by atoms with van der Waals surface area (Å²) in [6, 6.07) is 3.96. The minimum atomic E-state index is -4.09. The monoisotopic (exact) mass is 363 g/mol. The molecule has 2 aromatic heterocycles. The zero-order valence-electron chi connectivity index (χ0n) is 13.0. The molecule has 1 aromatic carbocycles. The molecule has 0 bridgehead atoms. The number of tetrazole rings is 1. The molecule has 0 spiro atoms. The molecule has 0 aliphatic heterocycles. The molecule has 2 radical (unpaired) electrons. The molecule has 1 N–H and O–H groups in total. The van der Waals surface area contributed by atoms with Crippen LogP contribution < -0.4 is 5.46 Å². The van der Waals surface area contributed by atoms with Crippen LogP contribution in [0.1, 0.15) is 11.3 Å². The lowest BCUT2D eigenvalue weighted by molar-refractivity contribution is -0.207. The number of aromatic nitrogens is 5. The SMILES string of the molecule is [B]c1ccc(C(F)(F)C(O)(Cn2cnnn2)c2ccc(F)cc2F)nc1. The van der Waals surface area contributed by atoms with Crippen molar-refractivity contribution in [1.82, 2.24) is 25.2 Å². The summed E-state index contributed by atoms with van der Waals surface area (Å²) in [5.41, 5.74) is -4.73. The summed E-state index contributed by atoms with van der Waals surface area (Å²) in [6.45, 7) is -0.915. The van der Waals surface area contributed by atoms with Gasteiger partial charge < -0.3 is 5.11 Å². The zero-order chi connectivity index (χ0) is 18.9. The van der Waals surface area contributed by atoms with Gasteiger partial charge in [0.05, 0.1) is 6.54 Å². The van der Waals surface area contributed by atoms with Crippen molar-refractivity contribution in [3.05, 3.63) is 65.7 Å². The van der Waals surface area contributed by atoms with E-state index in [1.807, 2.05) is 0 Å². The average molecular weight is 363 g/mol. The van der Waals surface area contributed by atoms with Gasteiger partial charge in [-0.1, -0.05) is 11.5 Å².